The standard InChI is InChI=1S/C15H20N4OS/c1-11-5-12(16-2)6-14(18-11)15-8-19(3-4-20-15)7-13-9-21-10-17-13/h5-6,9-10,15H,3-4,7-8H2,1-2H3,(H,16,18)/t15-/m0/s1. The van der Waals surface area contributed by atoms with E-state index in [1.807, 2.05) is 25.5 Å². The van der Waals surface area contributed by atoms with E-state index in [0.29, 0.717) is 0 Å². The Kier molecular flexibility index (Phi) is 4.48. The molecule has 0 amide bonds. The second-order valence-electron chi connectivity index (χ2n) is 5.25. The number of hydrogen-bond donors (Lipinski definition) is 1. The molecule has 0 radical (unpaired) electrons. The third-order valence-electron chi connectivity index (χ3n) is 3.61. The molecule has 112 valence electrons. The first-order valence-electron chi connectivity index (χ1n) is 7.12. The van der Waals surface area contributed by atoms with Crippen LogP contribution in [0.5, 0.6) is 0 Å². The van der Waals surface area contributed by atoms with Gasteiger partial charge in [-0.3, -0.25) is 9.88 Å². The predicted molar refractivity (Wildman–Crippen MR) is 84.6 cm³/mol. The van der Waals surface area contributed by atoms with E-state index < -0.39 is 0 Å². The Labute approximate surface area is 129 Å². The van der Waals surface area contributed by atoms with Gasteiger partial charge in [0.1, 0.15) is 6.10 Å². The lowest BCUT2D eigenvalue weighted by Crippen LogP contribution is -2.38. The molecule has 0 aromatic carbocycles. The highest BCUT2D eigenvalue weighted by Crippen LogP contribution is 2.24. The van der Waals surface area contributed by atoms with Crippen molar-refractivity contribution in [2.45, 2.75) is 19.6 Å². The van der Waals surface area contributed by atoms with Gasteiger partial charge >= 0.3 is 0 Å². The van der Waals surface area contributed by atoms with Crippen LogP contribution in [0.15, 0.2) is 23.0 Å². The number of aryl methyl sites for hydroxylation is 1. The molecule has 1 aliphatic rings. The van der Waals surface area contributed by atoms with E-state index in [0.717, 1.165) is 49.0 Å². The topological polar surface area (TPSA) is 50.3 Å². The van der Waals surface area contributed by atoms with Gasteiger partial charge < -0.3 is 10.1 Å². The Balaban J connectivity index is 1.72. The third kappa shape index (κ3) is 3.58. The summed E-state index contributed by atoms with van der Waals surface area (Å²) in [6.07, 6.45) is 0.0318. The van der Waals surface area contributed by atoms with E-state index in [4.69, 9.17) is 4.74 Å². The van der Waals surface area contributed by atoms with Crippen LogP contribution in [0.1, 0.15) is 23.2 Å². The van der Waals surface area contributed by atoms with Crippen LogP contribution in [0.25, 0.3) is 0 Å². The SMILES string of the molecule is CNc1cc(C)nc([C@@H]2CN(Cc3cscn3)CCO2)c1. The van der Waals surface area contributed by atoms with Gasteiger partial charge in [0, 0.05) is 43.4 Å². The average Bonchev–Trinajstić information content (AvgIpc) is 3.00. The summed E-state index contributed by atoms with van der Waals surface area (Å²) in [4.78, 5) is 11.4. The lowest BCUT2D eigenvalue weighted by molar-refractivity contribution is -0.0353. The van der Waals surface area contributed by atoms with Gasteiger partial charge in [0.2, 0.25) is 0 Å². The fourth-order valence-corrected chi connectivity index (χ4v) is 3.12. The molecule has 1 saturated heterocycles. The number of ether oxygens (including phenoxy) is 1. The first-order valence-corrected chi connectivity index (χ1v) is 8.06. The zero-order valence-corrected chi connectivity index (χ0v) is 13.2. The maximum absolute atomic E-state index is 5.92. The molecule has 1 aliphatic heterocycles. The van der Waals surface area contributed by atoms with Crippen molar-refractivity contribution >= 4 is 17.0 Å². The number of thiazole rings is 1. The van der Waals surface area contributed by atoms with Crippen molar-refractivity contribution in [3.05, 3.63) is 40.1 Å². The average molecular weight is 304 g/mol. The summed E-state index contributed by atoms with van der Waals surface area (Å²) >= 11 is 1.64. The molecule has 21 heavy (non-hydrogen) atoms. The summed E-state index contributed by atoms with van der Waals surface area (Å²) < 4.78 is 5.92. The number of aromatic nitrogens is 2. The summed E-state index contributed by atoms with van der Waals surface area (Å²) in [6, 6.07) is 4.11. The molecule has 3 heterocycles. The monoisotopic (exact) mass is 304 g/mol. The van der Waals surface area contributed by atoms with Crippen molar-refractivity contribution in [2.24, 2.45) is 0 Å². The van der Waals surface area contributed by atoms with Gasteiger partial charge in [-0.25, -0.2) is 4.98 Å². The lowest BCUT2D eigenvalue weighted by atomic mass is 10.1. The van der Waals surface area contributed by atoms with Crippen molar-refractivity contribution in [3.63, 3.8) is 0 Å². The fraction of sp³-hybridized carbons (Fsp3) is 0.467. The summed E-state index contributed by atoms with van der Waals surface area (Å²) in [5, 5.41) is 5.28. The van der Waals surface area contributed by atoms with Gasteiger partial charge in [0.05, 0.1) is 23.5 Å². The number of hydrogen-bond acceptors (Lipinski definition) is 6. The summed E-state index contributed by atoms with van der Waals surface area (Å²) in [5.74, 6) is 0. The smallest absolute Gasteiger partial charge is 0.112 e. The van der Waals surface area contributed by atoms with Crippen LogP contribution < -0.4 is 5.32 Å². The Morgan fingerprint density at radius 3 is 3.14 bits per heavy atom. The number of morpholine rings is 1. The van der Waals surface area contributed by atoms with E-state index in [2.05, 4.69) is 31.6 Å². The maximum Gasteiger partial charge on any atom is 0.112 e. The lowest BCUT2D eigenvalue weighted by Gasteiger charge is -2.32. The van der Waals surface area contributed by atoms with Gasteiger partial charge in [-0.1, -0.05) is 0 Å². The normalized spacial score (nSPS) is 19.6. The van der Waals surface area contributed by atoms with Gasteiger partial charge in [-0.15, -0.1) is 11.3 Å². The molecule has 1 N–H and O–H groups in total. The van der Waals surface area contributed by atoms with Crippen molar-refractivity contribution in [3.8, 4) is 0 Å². The summed E-state index contributed by atoms with van der Waals surface area (Å²) in [6.45, 7) is 5.43. The van der Waals surface area contributed by atoms with Crippen LogP contribution in [0.4, 0.5) is 5.69 Å². The highest BCUT2D eigenvalue weighted by atomic mass is 32.1. The second-order valence-corrected chi connectivity index (χ2v) is 5.97. The van der Waals surface area contributed by atoms with E-state index in [1.165, 1.54) is 0 Å². The molecule has 3 rings (SSSR count). The molecular weight excluding hydrogens is 284 g/mol. The van der Waals surface area contributed by atoms with Gasteiger partial charge in [0.25, 0.3) is 0 Å². The van der Waals surface area contributed by atoms with E-state index >= 15 is 0 Å². The molecule has 0 aliphatic carbocycles. The molecule has 0 spiro atoms. The van der Waals surface area contributed by atoms with Crippen LogP contribution in [0, 0.1) is 6.92 Å². The van der Waals surface area contributed by atoms with Crippen molar-refractivity contribution in [1.29, 1.82) is 0 Å². The zero-order chi connectivity index (χ0) is 14.7. The number of nitrogens with one attached hydrogen (secondary N) is 1. The number of rotatable bonds is 4. The zero-order valence-electron chi connectivity index (χ0n) is 12.4. The minimum absolute atomic E-state index is 0.0318. The molecule has 2 aromatic heterocycles. The van der Waals surface area contributed by atoms with Crippen LogP contribution in [-0.4, -0.2) is 41.6 Å². The van der Waals surface area contributed by atoms with Crippen LogP contribution in [-0.2, 0) is 11.3 Å². The van der Waals surface area contributed by atoms with Gasteiger partial charge in [0.15, 0.2) is 0 Å². The molecule has 0 bridgehead atoms. The Hall–Kier alpha value is -1.50. The van der Waals surface area contributed by atoms with Crippen LogP contribution in [0.2, 0.25) is 0 Å². The molecule has 5 nitrogen and oxygen atoms in total. The Morgan fingerprint density at radius 2 is 2.38 bits per heavy atom. The molecule has 0 unspecified atom stereocenters. The summed E-state index contributed by atoms with van der Waals surface area (Å²) in [5.41, 5.74) is 6.11. The minimum atomic E-state index is 0.0318. The number of pyridine rings is 1. The molecule has 6 heteroatoms. The van der Waals surface area contributed by atoms with Crippen LogP contribution in [0.3, 0.4) is 0 Å². The highest BCUT2D eigenvalue weighted by Gasteiger charge is 2.24. The molecule has 1 fully saturated rings. The van der Waals surface area contributed by atoms with Crippen molar-refractivity contribution in [1.82, 2.24) is 14.9 Å². The maximum atomic E-state index is 5.92. The quantitative estimate of drug-likeness (QED) is 0.940. The van der Waals surface area contributed by atoms with E-state index in [-0.39, 0.29) is 6.10 Å². The molecular formula is C15H20N4OS. The second kappa shape index (κ2) is 6.51. The minimum Gasteiger partial charge on any atom is -0.388 e. The summed E-state index contributed by atoms with van der Waals surface area (Å²) in [7, 11) is 1.93. The van der Waals surface area contributed by atoms with Gasteiger partial charge in [-0.05, 0) is 19.1 Å². The largest absolute Gasteiger partial charge is 0.388 e. The molecule has 0 saturated carbocycles. The highest BCUT2D eigenvalue weighted by molar-refractivity contribution is 7.07. The molecule has 2 aromatic rings. The van der Waals surface area contributed by atoms with Crippen molar-refractivity contribution < 1.29 is 4.74 Å². The number of nitrogens with zero attached hydrogens (tertiary/aromatic N) is 3. The Bertz CT molecular complexity index is 587. The fourth-order valence-electron chi connectivity index (χ4n) is 2.57. The van der Waals surface area contributed by atoms with E-state index in [9.17, 15) is 0 Å². The predicted octanol–water partition coefficient (Wildman–Crippen LogP) is 2.46. The van der Waals surface area contributed by atoms with Crippen molar-refractivity contribution in [2.75, 3.05) is 32.1 Å². The first kappa shape index (κ1) is 14.4. The van der Waals surface area contributed by atoms with Crippen LogP contribution >= 0.6 is 11.3 Å². The Morgan fingerprint density at radius 1 is 1.48 bits per heavy atom. The molecule has 1 atom stereocenters. The van der Waals surface area contributed by atoms with E-state index in [1.54, 1.807) is 11.3 Å². The first-order chi connectivity index (χ1) is 10.2. The third-order valence-corrected chi connectivity index (χ3v) is 4.25. The number of anilines is 1. The van der Waals surface area contributed by atoms with Gasteiger partial charge in [-0.2, -0.15) is 0 Å².